The van der Waals surface area contributed by atoms with Gasteiger partial charge in [0.05, 0.1) is 12.0 Å². The van der Waals surface area contributed by atoms with Crippen molar-refractivity contribution in [2.45, 2.75) is 18.9 Å². The molecule has 3 nitrogen and oxygen atoms in total. The molecule has 0 radical (unpaired) electrons. The SMILES string of the molecule is O=C1CC(C(=O)NC(c2ccccc2)c2cccc(Cl)c2)C1. The van der Waals surface area contributed by atoms with Gasteiger partial charge in [0.1, 0.15) is 5.78 Å². The number of hydrogen-bond donors (Lipinski definition) is 1. The topological polar surface area (TPSA) is 46.2 Å². The van der Waals surface area contributed by atoms with E-state index >= 15 is 0 Å². The molecule has 4 heteroatoms. The molecule has 22 heavy (non-hydrogen) atoms. The van der Waals surface area contributed by atoms with Crippen molar-refractivity contribution < 1.29 is 9.59 Å². The first kappa shape index (κ1) is 14.8. The fourth-order valence-electron chi connectivity index (χ4n) is 2.63. The lowest BCUT2D eigenvalue weighted by atomic mass is 9.83. The first-order valence-corrected chi connectivity index (χ1v) is 7.64. The molecule has 1 unspecified atom stereocenters. The van der Waals surface area contributed by atoms with E-state index in [1.54, 1.807) is 6.07 Å². The van der Waals surface area contributed by atoms with Gasteiger partial charge in [-0.25, -0.2) is 0 Å². The summed E-state index contributed by atoms with van der Waals surface area (Å²) in [7, 11) is 0. The van der Waals surface area contributed by atoms with Crippen LogP contribution in [0.1, 0.15) is 30.0 Å². The van der Waals surface area contributed by atoms with Crippen LogP contribution in [0.15, 0.2) is 54.6 Å². The van der Waals surface area contributed by atoms with Gasteiger partial charge in [-0.1, -0.05) is 54.1 Å². The molecule has 3 rings (SSSR count). The minimum absolute atomic E-state index is 0.0755. The third-order valence-electron chi connectivity index (χ3n) is 3.92. The Labute approximate surface area is 134 Å². The highest BCUT2D eigenvalue weighted by Crippen LogP contribution is 2.28. The summed E-state index contributed by atoms with van der Waals surface area (Å²) in [5.74, 6) is -0.120. The number of carbonyl (C=O) groups is 2. The summed E-state index contributed by atoms with van der Waals surface area (Å²) in [6.07, 6.45) is 0.700. The highest BCUT2D eigenvalue weighted by Gasteiger charge is 2.34. The van der Waals surface area contributed by atoms with Gasteiger partial charge >= 0.3 is 0 Å². The molecule has 0 saturated heterocycles. The quantitative estimate of drug-likeness (QED) is 0.938. The van der Waals surface area contributed by atoms with Gasteiger partial charge in [0.2, 0.25) is 5.91 Å². The smallest absolute Gasteiger partial charge is 0.224 e. The average Bonchev–Trinajstić information content (AvgIpc) is 2.50. The zero-order valence-electron chi connectivity index (χ0n) is 12.0. The van der Waals surface area contributed by atoms with Crippen LogP contribution in [0.2, 0.25) is 5.02 Å². The van der Waals surface area contributed by atoms with E-state index in [1.807, 2.05) is 48.5 Å². The third-order valence-corrected chi connectivity index (χ3v) is 4.16. The number of Topliss-reactive ketones (excluding diaryl/α,β-unsaturated/α-hetero) is 1. The van der Waals surface area contributed by atoms with Gasteiger partial charge in [0.15, 0.2) is 0 Å². The van der Waals surface area contributed by atoms with Gasteiger partial charge in [0.25, 0.3) is 0 Å². The van der Waals surface area contributed by atoms with Crippen molar-refractivity contribution in [2.75, 3.05) is 0 Å². The molecule has 1 atom stereocenters. The van der Waals surface area contributed by atoms with Gasteiger partial charge in [-0.05, 0) is 23.3 Å². The van der Waals surface area contributed by atoms with Crippen molar-refractivity contribution in [3.8, 4) is 0 Å². The number of carbonyl (C=O) groups excluding carboxylic acids is 2. The van der Waals surface area contributed by atoms with Crippen LogP contribution in [0.3, 0.4) is 0 Å². The molecule has 1 amide bonds. The van der Waals surface area contributed by atoms with Gasteiger partial charge in [-0.15, -0.1) is 0 Å². The minimum Gasteiger partial charge on any atom is -0.345 e. The van der Waals surface area contributed by atoms with E-state index in [1.165, 1.54) is 0 Å². The van der Waals surface area contributed by atoms with Gasteiger partial charge in [-0.3, -0.25) is 9.59 Å². The lowest BCUT2D eigenvalue weighted by Gasteiger charge is -2.27. The van der Waals surface area contributed by atoms with Crippen LogP contribution in [0.4, 0.5) is 0 Å². The van der Waals surface area contributed by atoms with Crippen LogP contribution in [-0.2, 0) is 9.59 Å². The van der Waals surface area contributed by atoms with Gasteiger partial charge in [0, 0.05) is 17.9 Å². The Morgan fingerprint density at radius 3 is 2.36 bits per heavy atom. The van der Waals surface area contributed by atoms with Gasteiger partial charge in [-0.2, -0.15) is 0 Å². The molecule has 0 aliphatic heterocycles. The van der Waals surface area contributed by atoms with Crippen LogP contribution in [0.25, 0.3) is 0 Å². The Morgan fingerprint density at radius 2 is 1.73 bits per heavy atom. The van der Waals surface area contributed by atoms with Crippen LogP contribution >= 0.6 is 11.6 Å². The molecule has 1 N–H and O–H groups in total. The summed E-state index contributed by atoms with van der Waals surface area (Å²) in [6, 6.07) is 17.0. The standard InChI is InChI=1S/C18H16ClNO2/c19-15-8-4-7-13(9-15)17(12-5-2-1-3-6-12)20-18(22)14-10-16(21)11-14/h1-9,14,17H,10-11H2,(H,20,22). The molecular weight excluding hydrogens is 298 g/mol. The Hall–Kier alpha value is -2.13. The number of ketones is 1. The second kappa shape index (κ2) is 6.32. The van der Waals surface area contributed by atoms with Crippen molar-refractivity contribution in [3.05, 3.63) is 70.7 Å². The van der Waals surface area contributed by atoms with E-state index in [-0.39, 0.29) is 23.7 Å². The number of benzene rings is 2. The van der Waals surface area contributed by atoms with Crippen molar-refractivity contribution in [2.24, 2.45) is 5.92 Å². The third kappa shape index (κ3) is 3.20. The normalized spacial score (nSPS) is 16.0. The fraction of sp³-hybridized carbons (Fsp3) is 0.222. The average molecular weight is 314 g/mol. The number of halogens is 1. The van der Waals surface area contributed by atoms with Crippen molar-refractivity contribution >= 4 is 23.3 Å². The maximum absolute atomic E-state index is 12.3. The molecule has 1 aliphatic carbocycles. The number of nitrogens with one attached hydrogen (secondary N) is 1. The lowest BCUT2D eigenvalue weighted by molar-refractivity contribution is -0.138. The Bertz CT molecular complexity index is 691. The monoisotopic (exact) mass is 313 g/mol. The molecule has 0 spiro atoms. The molecule has 0 aromatic heterocycles. The predicted molar refractivity (Wildman–Crippen MR) is 85.6 cm³/mol. The van der Waals surface area contributed by atoms with E-state index in [0.717, 1.165) is 11.1 Å². The van der Waals surface area contributed by atoms with E-state index in [2.05, 4.69) is 5.32 Å². The summed E-state index contributed by atoms with van der Waals surface area (Å²) in [6.45, 7) is 0. The van der Waals surface area contributed by atoms with Crippen LogP contribution in [0, 0.1) is 5.92 Å². The maximum atomic E-state index is 12.3. The first-order valence-electron chi connectivity index (χ1n) is 7.26. The summed E-state index contributed by atoms with van der Waals surface area (Å²) in [5.41, 5.74) is 1.92. The molecule has 1 fully saturated rings. The van der Waals surface area contributed by atoms with E-state index < -0.39 is 0 Å². The van der Waals surface area contributed by atoms with E-state index in [9.17, 15) is 9.59 Å². The molecule has 1 saturated carbocycles. The molecule has 2 aromatic carbocycles. The van der Waals surface area contributed by atoms with Crippen molar-refractivity contribution in [1.82, 2.24) is 5.32 Å². The minimum atomic E-state index is -0.261. The van der Waals surface area contributed by atoms with E-state index in [4.69, 9.17) is 11.6 Å². The molecule has 0 bridgehead atoms. The Kier molecular flexibility index (Phi) is 4.25. The summed E-state index contributed by atoms with van der Waals surface area (Å²) in [5, 5.41) is 3.68. The second-order valence-electron chi connectivity index (χ2n) is 5.55. The maximum Gasteiger partial charge on any atom is 0.224 e. The highest BCUT2D eigenvalue weighted by molar-refractivity contribution is 6.30. The fourth-order valence-corrected chi connectivity index (χ4v) is 2.82. The molecule has 0 heterocycles. The van der Waals surface area contributed by atoms with Crippen LogP contribution < -0.4 is 5.32 Å². The first-order chi connectivity index (χ1) is 10.6. The number of amides is 1. The molecule has 2 aromatic rings. The predicted octanol–water partition coefficient (Wildman–Crippen LogP) is 3.52. The van der Waals surface area contributed by atoms with Crippen LogP contribution in [0.5, 0.6) is 0 Å². The Balaban J connectivity index is 1.86. The van der Waals surface area contributed by atoms with Crippen molar-refractivity contribution in [3.63, 3.8) is 0 Å². The zero-order valence-corrected chi connectivity index (χ0v) is 12.7. The molecule has 112 valence electrons. The molecule has 1 aliphatic rings. The number of rotatable bonds is 4. The second-order valence-corrected chi connectivity index (χ2v) is 5.99. The summed E-state index contributed by atoms with van der Waals surface area (Å²) in [4.78, 5) is 23.4. The van der Waals surface area contributed by atoms with E-state index in [0.29, 0.717) is 17.9 Å². The zero-order chi connectivity index (χ0) is 15.5. The van der Waals surface area contributed by atoms with Crippen molar-refractivity contribution in [1.29, 1.82) is 0 Å². The largest absolute Gasteiger partial charge is 0.345 e. The molecular formula is C18H16ClNO2. The van der Waals surface area contributed by atoms with Crippen LogP contribution in [-0.4, -0.2) is 11.7 Å². The summed E-state index contributed by atoms with van der Waals surface area (Å²) < 4.78 is 0. The Morgan fingerprint density at radius 1 is 1.05 bits per heavy atom. The van der Waals surface area contributed by atoms with Gasteiger partial charge < -0.3 is 5.32 Å². The number of hydrogen-bond acceptors (Lipinski definition) is 2. The summed E-state index contributed by atoms with van der Waals surface area (Å²) >= 11 is 6.08. The highest BCUT2D eigenvalue weighted by atomic mass is 35.5. The lowest BCUT2D eigenvalue weighted by Crippen LogP contribution is -2.40.